The smallest absolute Gasteiger partial charge is 0.207 e. The molecule has 0 aliphatic carbocycles. The highest BCUT2D eigenvalue weighted by Gasteiger charge is 2.49. The summed E-state index contributed by atoms with van der Waals surface area (Å²) < 4.78 is 51.6. The predicted octanol–water partition coefficient (Wildman–Crippen LogP) is 4.43. The Morgan fingerprint density at radius 2 is 1.67 bits per heavy atom. The molecule has 15 heavy (non-hydrogen) atoms. The molecule has 0 bridgehead atoms. The summed E-state index contributed by atoms with van der Waals surface area (Å²) in [7, 11) is 0. The van der Waals surface area contributed by atoms with Gasteiger partial charge in [-0.25, -0.2) is 4.39 Å². The van der Waals surface area contributed by atoms with Gasteiger partial charge in [0.05, 0.1) is 5.41 Å². The van der Waals surface area contributed by atoms with Crippen LogP contribution in [0.25, 0.3) is 0 Å². The van der Waals surface area contributed by atoms with Gasteiger partial charge in [0, 0.05) is 10.0 Å². The van der Waals surface area contributed by atoms with Crippen molar-refractivity contribution in [1.82, 2.24) is 0 Å². The van der Waals surface area contributed by atoms with Crippen molar-refractivity contribution in [2.45, 2.75) is 25.4 Å². The number of rotatable bonds is 1. The molecule has 84 valence electrons. The summed E-state index contributed by atoms with van der Waals surface area (Å²) in [4.78, 5) is 0. The van der Waals surface area contributed by atoms with Gasteiger partial charge >= 0.3 is 6.18 Å². The lowest BCUT2D eigenvalue weighted by atomic mass is 9.83. The second kappa shape index (κ2) is 3.77. The normalized spacial score (nSPS) is 13.0. The first-order chi connectivity index (χ1) is 6.66. The van der Waals surface area contributed by atoms with Gasteiger partial charge in [-0.3, -0.25) is 0 Å². The molecule has 1 rings (SSSR count). The molecule has 0 unspecified atom stereocenters. The van der Waals surface area contributed by atoms with Crippen molar-refractivity contribution >= 4 is 15.9 Å². The largest absolute Gasteiger partial charge is 0.398 e. The SMILES string of the molecule is CC(C)(c1ccc(Br)cc1F)C(F)(F)F. The van der Waals surface area contributed by atoms with E-state index in [4.69, 9.17) is 0 Å². The number of hydrogen-bond donors (Lipinski definition) is 0. The summed E-state index contributed by atoms with van der Waals surface area (Å²) in [5.74, 6) is -0.855. The standard InChI is InChI=1S/C10H9BrF4/c1-9(2,10(13,14)15)7-4-3-6(11)5-8(7)12/h3-5H,1-2H3. The molecule has 0 saturated heterocycles. The Kier molecular flexibility index (Phi) is 3.14. The minimum absolute atomic E-state index is 0.349. The van der Waals surface area contributed by atoms with Crippen LogP contribution in [0.15, 0.2) is 22.7 Å². The minimum Gasteiger partial charge on any atom is -0.207 e. The highest BCUT2D eigenvalue weighted by molar-refractivity contribution is 9.10. The zero-order valence-electron chi connectivity index (χ0n) is 8.12. The Balaban J connectivity index is 3.28. The molecule has 0 atom stereocenters. The van der Waals surface area contributed by atoms with E-state index in [9.17, 15) is 17.6 Å². The number of hydrogen-bond acceptors (Lipinski definition) is 0. The fourth-order valence-electron chi connectivity index (χ4n) is 1.15. The first-order valence-electron chi connectivity index (χ1n) is 4.18. The number of halogens is 5. The first-order valence-corrected chi connectivity index (χ1v) is 4.98. The lowest BCUT2D eigenvalue weighted by Crippen LogP contribution is -2.37. The van der Waals surface area contributed by atoms with Crippen LogP contribution in [0.3, 0.4) is 0 Å². The van der Waals surface area contributed by atoms with Gasteiger partial charge in [0.15, 0.2) is 0 Å². The van der Waals surface area contributed by atoms with Gasteiger partial charge in [0.2, 0.25) is 0 Å². The van der Waals surface area contributed by atoms with E-state index in [1.54, 1.807) is 0 Å². The van der Waals surface area contributed by atoms with E-state index in [1.807, 2.05) is 0 Å². The molecule has 0 radical (unpaired) electrons. The summed E-state index contributed by atoms with van der Waals surface area (Å²) in [6.45, 7) is 1.92. The summed E-state index contributed by atoms with van der Waals surface area (Å²) in [5, 5.41) is 0. The van der Waals surface area contributed by atoms with Crippen molar-refractivity contribution in [1.29, 1.82) is 0 Å². The summed E-state index contributed by atoms with van der Waals surface area (Å²) in [6.07, 6.45) is -4.47. The molecule has 0 aliphatic heterocycles. The van der Waals surface area contributed by atoms with Crippen LogP contribution < -0.4 is 0 Å². The van der Waals surface area contributed by atoms with Crippen LogP contribution >= 0.6 is 15.9 Å². The maximum Gasteiger partial charge on any atom is 0.398 e. The zero-order valence-corrected chi connectivity index (χ0v) is 9.71. The molecule has 0 saturated carbocycles. The molecular formula is C10H9BrF4. The first kappa shape index (κ1) is 12.5. The zero-order chi connectivity index (χ0) is 11.9. The minimum atomic E-state index is -4.47. The van der Waals surface area contributed by atoms with E-state index in [0.717, 1.165) is 26.0 Å². The molecule has 0 N–H and O–H groups in total. The highest BCUT2D eigenvalue weighted by Crippen LogP contribution is 2.41. The second-order valence-corrected chi connectivity index (χ2v) is 4.66. The molecule has 0 heterocycles. The van der Waals surface area contributed by atoms with Crippen molar-refractivity contribution in [3.63, 3.8) is 0 Å². The van der Waals surface area contributed by atoms with Crippen LogP contribution in [0.2, 0.25) is 0 Å². The van der Waals surface area contributed by atoms with Gasteiger partial charge in [0.25, 0.3) is 0 Å². The molecule has 0 aromatic heterocycles. The lowest BCUT2D eigenvalue weighted by molar-refractivity contribution is -0.180. The van der Waals surface area contributed by atoms with Crippen LogP contribution in [-0.2, 0) is 5.41 Å². The van der Waals surface area contributed by atoms with E-state index in [2.05, 4.69) is 15.9 Å². The molecule has 0 spiro atoms. The number of benzene rings is 1. The maximum absolute atomic E-state index is 13.3. The topological polar surface area (TPSA) is 0 Å². The van der Waals surface area contributed by atoms with Crippen molar-refractivity contribution in [3.05, 3.63) is 34.1 Å². The quantitative estimate of drug-likeness (QED) is 0.670. The summed E-state index contributed by atoms with van der Waals surface area (Å²) in [6, 6.07) is 3.57. The molecule has 1 aromatic carbocycles. The molecule has 0 aliphatic rings. The third-order valence-corrected chi connectivity index (χ3v) is 2.81. The molecule has 0 fully saturated rings. The predicted molar refractivity (Wildman–Crippen MR) is 53.2 cm³/mol. The Hall–Kier alpha value is -0.580. The monoisotopic (exact) mass is 284 g/mol. The van der Waals surface area contributed by atoms with Crippen molar-refractivity contribution in [2.75, 3.05) is 0 Å². The van der Waals surface area contributed by atoms with Crippen molar-refractivity contribution < 1.29 is 17.6 Å². The van der Waals surface area contributed by atoms with Crippen LogP contribution in [0.1, 0.15) is 19.4 Å². The van der Waals surface area contributed by atoms with Crippen LogP contribution in [0.5, 0.6) is 0 Å². The van der Waals surface area contributed by atoms with Crippen molar-refractivity contribution in [3.8, 4) is 0 Å². The Morgan fingerprint density at radius 3 is 2.07 bits per heavy atom. The molecule has 5 heteroatoms. The fraction of sp³-hybridized carbons (Fsp3) is 0.400. The van der Waals surface area contributed by atoms with Crippen LogP contribution in [0, 0.1) is 5.82 Å². The Bertz CT molecular complexity index is 368. The van der Waals surface area contributed by atoms with Gasteiger partial charge in [0.1, 0.15) is 5.82 Å². The average Bonchev–Trinajstić information content (AvgIpc) is 2.00. The van der Waals surface area contributed by atoms with Crippen LogP contribution in [-0.4, -0.2) is 6.18 Å². The van der Waals surface area contributed by atoms with E-state index in [1.165, 1.54) is 6.07 Å². The molecule has 0 nitrogen and oxygen atoms in total. The number of alkyl halides is 3. The maximum atomic E-state index is 13.3. The highest BCUT2D eigenvalue weighted by atomic mass is 79.9. The van der Waals surface area contributed by atoms with E-state index >= 15 is 0 Å². The van der Waals surface area contributed by atoms with Gasteiger partial charge in [-0.05, 0) is 26.0 Å². The van der Waals surface area contributed by atoms with E-state index in [-0.39, 0.29) is 5.56 Å². The summed E-state index contributed by atoms with van der Waals surface area (Å²) >= 11 is 2.99. The Morgan fingerprint density at radius 1 is 1.13 bits per heavy atom. The van der Waals surface area contributed by atoms with Gasteiger partial charge < -0.3 is 0 Å². The second-order valence-electron chi connectivity index (χ2n) is 3.75. The molecule has 1 aromatic rings. The third kappa shape index (κ3) is 2.33. The van der Waals surface area contributed by atoms with Gasteiger partial charge in [-0.15, -0.1) is 0 Å². The fourth-order valence-corrected chi connectivity index (χ4v) is 1.48. The van der Waals surface area contributed by atoms with E-state index in [0.29, 0.717) is 4.47 Å². The van der Waals surface area contributed by atoms with E-state index < -0.39 is 17.4 Å². The van der Waals surface area contributed by atoms with Crippen LogP contribution in [0.4, 0.5) is 17.6 Å². The summed E-state index contributed by atoms with van der Waals surface area (Å²) in [5.41, 5.74) is -2.53. The van der Waals surface area contributed by atoms with Crippen molar-refractivity contribution in [2.24, 2.45) is 0 Å². The average molecular weight is 285 g/mol. The Labute approximate surface area is 93.4 Å². The van der Waals surface area contributed by atoms with Gasteiger partial charge in [-0.1, -0.05) is 22.0 Å². The lowest BCUT2D eigenvalue weighted by Gasteiger charge is -2.28. The molecular weight excluding hydrogens is 276 g/mol. The third-order valence-electron chi connectivity index (χ3n) is 2.31. The van der Waals surface area contributed by atoms with Gasteiger partial charge in [-0.2, -0.15) is 13.2 Å². The molecule has 0 amide bonds.